The van der Waals surface area contributed by atoms with Crippen LogP contribution in [0.2, 0.25) is 5.02 Å². The summed E-state index contributed by atoms with van der Waals surface area (Å²) in [7, 11) is 0. The maximum absolute atomic E-state index is 14.8. The summed E-state index contributed by atoms with van der Waals surface area (Å²) < 4.78 is 50.8. The summed E-state index contributed by atoms with van der Waals surface area (Å²) in [6, 6.07) is 14.3. The molecule has 0 spiro atoms. The lowest BCUT2D eigenvalue weighted by molar-refractivity contribution is -0.0369. The first-order chi connectivity index (χ1) is 19.2. The van der Waals surface area contributed by atoms with Gasteiger partial charge in [0.15, 0.2) is 5.82 Å². The molecule has 5 aromatic rings. The van der Waals surface area contributed by atoms with Crippen molar-refractivity contribution >= 4 is 17.7 Å². The molecule has 2 heterocycles. The Balaban J connectivity index is 1.36. The molecule has 8 nitrogen and oxygen atoms in total. The molecule has 0 radical (unpaired) electrons. The largest absolute Gasteiger partial charge is 0.432 e. The molecule has 12 heteroatoms. The molecular weight excluding hydrogens is 545 g/mol. The zero-order valence-corrected chi connectivity index (χ0v) is 21.8. The van der Waals surface area contributed by atoms with E-state index in [1.165, 1.54) is 40.5 Å². The van der Waals surface area contributed by atoms with Crippen molar-refractivity contribution in [3.8, 4) is 17.1 Å². The molecule has 0 saturated heterocycles. The van der Waals surface area contributed by atoms with Gasteiger partial charge in [0.1, 0.15) is 42.0 Å². The molecule has 0 fully saturated rings. The van der Waals surface area contributed by atoms with E-state index < -0.39 is 29.3 Å². The maximum atomic E-state index is 14.8. The summed E-state index contributed by atoms with van der Waals surface area (Å²) in [6.07, 6.45) is 5.29. The number of ether oxygens (including phenoxy) is 1. The average molecular weight is 567 g/mol. The molecule has 2 atom stereocenters. The molecule has 2 aromatic heterocycles. The number of aliphatic hydroxyl groups is 1. The fourth-order valence-corrected chi connectivity index (χ4v) is 4.29. The maximum Gasteiger partial charge on any atom is 0.278 e. The standard InChI is InChI=1S/C28H22ClF3N6O2/c1-18(28(39,14-37-16-33-15-35-37)24-11-8-22(30)13-25(24)31)38-17-34-27(36-38)20-4-9-23(10-5-20)40-26(32)12-19-2-6-21(29)7-3-19/h2-13,15-18,39H,14H2,1H3/b26-12+/t18-,28-/m1/s1. The van der Waals surface area contributed by atoms with Gasteiger partial charge in [0, 0.05) is 28.3 Å². The van der Waals surface area contributed by atoms with Gasteiger partial charge in [-0.05, 0) is 55.0 Å². The van der Waals surface area contributed by atoms with Gasteiger partial charge >= 0.3 is 0 Å². The van der Waals surface area contributed by atoms with E-state index in [1.807, 2.05) is 0 Å². The van der Waals surface area contributed by atoms with Crippen molar-refractivity contribution in [3.63, 3.8) is 0 Å². The summed E-state index contributed by atoms with van der Waals surface area (Å²) in [5.74, 6) is -1.12. The van der Waals surface area contributed by atoms with E-state index in [9.17, 15) is 18.3 Å². The summed E-state index contributed by atoms with van der Waals surface area (Å²) >= 11 is 5.85. The number of benzene rings is 3. The van der Waals surface area contributed by atoms with Gasteiger partial charge in [0.2, 0.25) is 0 Å². The van der Waals surface area contributed by atoms with Crippen LogP contribution in [0.3, 0.4) is 0 Å². The SMILES string of the molecule is C[C@@H](n1cnc(-c2ccc(O/C(F)=C/c3ccc(Cl)cc3)cc2)n1)[C@](O)(Cn1cncn1)c1ccc(F)cc1F. The number of rotatable bonds is 9. The molecule has 40 heavy (non-hydrogen) atoms. The van der Waals surface area contributed by atoms with Crippen LogP contribution in [-0.2, 0) is 12.1 Å². The van der Waals surface area contributed by atoms with E-state index in [0.29, 0.717) is 28.0 Å². The van der Waals surface area contributed by atoms with Crippen LogP contribution < -0.4 is 4.74 Å². The predicted octanol–water partition coefficient (Wildman–Crippen LogP) is 5.96. The van der Waals surface area contributed by atoms with Gasteiger partial charge in [-0.25, -0.2) is 28.1 Å². The molecular formula is C28H22ClF3N6O2. The van der Waals surface area contributed by atoms with Crippen LogP contribution >= 0.6 is 11.6 Å². The second-order valence-corrected chi connectivity index (χ2v) is 9.43. The minimum Gasteiger partial charge on any atom is -0.432 e. The van der Waals surface area contributed by atoms with Crippen LogP contribution in [0.25, 0.3) is 17.5 Å². The molecule has 0 aliphatic rings. The average Bonchev–Trinajstić information content (AvgIpc) is 3.62. The first-order valence-corrected chi connectivity index (χ1v) is 12.4. The minimum atomic E-state index is -1.90. The van der Waals surface area contributed by atoms with Gasteiger partial charge in [0.05, 0.1) is 12.6 Å². The zero-order chi connectivity index (χ0) is 28.3. The molecule has 5 rings (SSSR count). The third kappa shape index (κ3) is 5.90. The van der Waals surface area contributed by atoms with Crippen molar-refractivity contribution in [2.45, 2.75) is 25.1 Å². The fourth-order valence-electron chi connectivity index (χ4n) is 4.16. The highest BCUT2D eigenvalue weighted by molar-refractivity contribution is 6.30. The lowest BCUT2D eigenvalue weighted by Crippen LogP contribution is -2.40. The van der Waals surface area contributed by atoms with E-state index in [4.69, 9.17) is 16.3 Å². The minimum absolute atomic E-state index is 0.135. The Hall–Kier alpha value is -4.48. The number of nitrogens with zero attached hydrogens (tertiary/aromatic N) is 6. The Morgan fingerprint density at radius 3 is 2.50 bits per heavy atom. The lowest BCUT2D eigenvalue weighted by atomic mass is 9.86. The summed E-state index contributed by atoms with van der Waals surface area (Å²) in [5.41, 5.74) is -0.855. The van der Waals surface area contributed by atoms with Gasteiger partial charge in [-0.1, -0.05) is 29.8 Å². The molecule has 1 N–H and O–H groups in total. The third-order valence-corrected chi connectivity index (χ3v) is 6.59. The van der Waals surface area contributed by atoms with Crippen LogP contribution in [-0.4, -0.2) is 34.6 Å². The molecule has 0 aliphatic carbocycles. The number of hydrogen-bond acceptors (Lipinski definition) is 6. The Bertz CT molecular complexity index is 1630. The van der Waals surface area contributed by atoms with Gasteiger partial charge in [-0.3, -0.25) is 0 Å². The van der Waals surface area contributed by atoms with Gasteiger partial charge in [-0.2, -0.15) is 14.6 Å². The smallest absolute Gasteiger partial charge is 0.278 e. The first kappa shape index (κ1) is 27.1. The van der Waals surface area contributed by atoms with Crippen molar-refractivity contribution in [1.82, 2.24) is 29.5 Å². The van der Waals surface area contributed by atoms with Crippen LogP contribution in [0.1, 0.15) is 24.1 Å². The predicted molar refractivity (Wildman–Crippen MR) is 142 cm³/mol. The van der Waals surface area contributed by atoms with E-state index in [2.05, 4.69) is 20.2 Å². The molecule has 3 aromatic carbocycles. The van der Waals surface area contributed by atoms with Gasteiger partial charge < -0.3 is 9.84 Å². The fraction of sp³-hybridized carbons (Fsp3) is 0.143. The third-order valence-electron chi connectivity index (χ3n) is 6.34. The Morgan fingerprint density at radius 1 is 1.07 bits per heavy atom. The van der Waals surface area contributed by atoms with Crippen molar-refractivity contribution in [2.75, 3.05) is 0 Å². The van der Waals surface area contributed by atoms with Crippen LogP contribution in [0.4, 0.5) is 13.2 Å². The van der Waals surface area contributed by atoms with Crippen molar-refractivity contribution < 1.29 is 23.0 Å². The highest BCUT2D eigenvalue weighted by atomic mass is 35.5. The summed E-state index contributed by atoms with van der Waals surface area (Å²) in [6.45, 7) is 1.44. The van der Waals surface area contributed by atoms with E-state index in [0.717, 1.165) is 6.07 Å². The Kier molecular flexibility index (Phi) is 7.67. The van der Waals surface area contributed by atoms with Crippen LogP contribution in [0.15, 0.2) is 91.7 Å². The Labute approximate surface area is 232 Å². The van der Waals surface area contributed by atoms with Crippen LogP contribution in [0, 0.1) is 11.6 Å². The molecule has 0 unspecified atom stereocenters. The molecule has 0 saturated carbocycles. The normalized spacial score (nSPS) is 14.1. The second kappa shape index (κ2) is 11.3. The number of halogens is 4. The van der Waals surface area contributed by atoms with Gasteiger partial charge in [-0.15, -0.1) is 0 Å². The van der Waals surface area contributed by atoms with Crippen molar-refractivity contribution in [3.05, 3.63) is 120 Å². The molecule has 0 bridgehead atoms. The quantitative estimate of drug-likeness (QED) is 0.221. The topological polar surface area (TPSA) is 90.9 Å². The highest BCUT2D eigenvalue weighted by Gasteiger charge is 2.41. The summed E-state index contributed by atoms with van der Waals surface area (Å²) in [5, 5.41) is 20.8. The number of aromatic nitrogens is 6. The summed E-state index contributed by atoms with van der Waals surface area (Å²) in [4.78, 5) is 8.19. The van der Waals surface area contributed by atoms with Crippen molar-refractivity contribution in [2.24, 2.45) is 0 Å². The Morgan fingerprint density at radius 2 is 1.82 bits per heavy atom. The van der Waals surface area contributed by atoms with Gasteiger partial charge in [0.25, 0.3) is 6.01 Å². The molecule has 0 amide bonds. The van der Waals surface area contributed by atoms with Crippen molar-refractivity contribution in [1.29, 1.82) is 0 Å². The van der Waals surface area contributed by atoms with E-state index in [1.54, 1.807) is 55.5 Å². The highest BCUT2D eigenvalue weighted by Crippen LogP contribution is 2.36. The monoisotopic (exact) mass is 566 g/mol. The van der Waals surface area contributed by atoms with Crippen LogP contribution in [0.5, 0.6) is 5.75 Å². The van der Waals surface area contributed by atoms with E-state index in [-0.39, 0.29) is 17.9 Å². The molecule has 0 aliphatic heterocycles. The van der Waals surface area contributed by atoms with E-state index >= 15 is 0 Å². The first-order valence-electron chi connectivity index (χ1n) is 12.0. The second-order valence-electron chi connectivity index (χ2n) is 8.99. The zero-order valence-electron chi connectivity index (χ0n) is 21.0. The lowest BCUT2D eigenvalue weighted by Gasteiger charge is -2.34. The molecule has 204 valence electrons. The number of hydrogen-bond donors (Lipinski definition) is 1.